The van der Waals surface area contributed by atoms with Gasteiger partial charge in [0, 0.05) is 0 Å². The monoisotopic (exact) mass is 191 g/mol. The summed E-state index contributed by atoms with van der Waals surface area (Å²) < 4.78 is 0. The van der Waals surface area contributed by atoms with Gasteiger partial charge in [-0.3, -0.25) is 4.79 Å². The summed E-state index contributed by atoms with van der Waals surface area (Å²) in [4.78, 5) is 11.2. The van der Waals surface area contributed by atoms with Gasteiger partial charge >= 0.3 is 0 Å². The number of aliphatic hydroxyl groups is 1. The highest BCUT2D eigenvalue weighted by atomic mass is 35.5. The Bertz CT molecular complexity index is 172. The van der Waals surface area contributed by atoms with Crippen LogP contribution in [0.25, 0.3) is 0 Å². The van der Waals surface area contributed by atoms with Crippen molar-refractivity contribution < 1.29 is 9.90 Å². The zero-order valence-corrected chi connectivity index (χ0v) is 7.90. The molecule has 70 valence electrons. The van der Waals surface area contributed by atoms with E-state index in [-0.39, 0.29) is 18.1 Å². The fraction of sp³-hybridized carbons (Fsp3) is 0.875. The molecule has 1 unspecified atom stereocenters. The van der Waals surface area contributed by atoms with Crippen molar-refractivity contribution in [3.63, 3.8) is 0 Å². The predicted molar refractivity (Wildman–Crippen MR) is 47.1 cm³/mol. The van der Waals surface area contributed by atoms with Crippen molar-refractivity contribution in [2.24, 2.45) is 0 Å². The molecule has 2 N–H and O–H groups in total. The van der Waals surface area contributed by atoms with Gasteiger partial charge < -0.3 is 10.4 Å². The molecule has 3 nitrogen and oxygen atoms in total. The van der Waals surface area contributed by atoms with Crippen LogP contribution in [0.15, 0.2) is 0 Å². The number of aliphatic hydroxyl groups excluding tert-OH is 1. The Balaban J connectivity index is 2.43. The Labute approximate surface area is 77.1 Å². The Morgan fingerprint density at radius 3 is 2.58 bits per heavy atom. The fourth-order valence-electron chi connectivity index (χ4n) is 1.29. The van der Waals surface area contributed by atoms with Crippen LogP contribution < -0.4 is 5.32 Å². The third-order valence-electron chi connectivity index (χ3n) is 2.36. The first-order valence-electron chi connectivity index (χ1n) is 4.17. The summed E-state index contributed by atoms with van der Waals surface area (Å²) in [5.74, 6) is -0.189. The third-order valence-corrected chi connectivity index (χ3v) is 2.56. The fourth-order valence-corrected chi connectivity index (χ4v) is 1.34. The Kier molecular flexibility index (Phi) is 2.96. The molecule has 0 saturated heterocycles. The van der Waals surface area contributed by atoms with E-state index in [2.05, 4.69) is 5.32 Å². The molecular formula is C8H14ClNO2. The third kappa shape index (κ3) is 1.90. The maximum Gasteiger partial charge on any atom is 0.238 e. The van der Waals surface area contributed by atoms with Gasteiger partial charge in [0.05, 0.1) is 12.1 Å². The predicted octanol–water partition coefficient (Wildman–Crippen LogP) is 0.645. The van der Waals surface area contributed by atoms with Crippen molar-refractivity contribution in [1.82, 2.24) is 5.32 Å². The van der Waals surface area contributed by atoms with Gasteiger partial charge in [0.15, 0.2) is 0 Å². The van der Waals surface area contributed by atoms with E-state index in [4.69, 9.17) is 16.7 Å². The van der Waals surface area contributed by atoms with E-state index in [0.29, 0.717) is 0 Å². The maximum atomic E-state index is 11.2. The average molecular weight is 192 g/mol. The van der Waals surface area contributed by atoms with Gasteiger partial charge in [0.1, 0.15) is 5.38 Å². The van der Waals surface area contributed by atoms with Crippen LogP contribution >= 0.6 is 11.6 Å². The summed E-state index contributed by atoms with van der Waals surface area (Å²) in [6.07, 6.45) is 2.79. The van der Waals surface area contributed by atoms with Crippen LogP contribution in [0.5, 0.6) is 0 Å². The lowest BCUT2D eigenvalue weighted by molar-refractivity contribution is -0.124. The summed E-state index contributed by atoms with van der Waals surface area (Å²) in [6, 6.07) is 0. The van der Waals surface area contributed by atoms with Crippen LogP contribution in [-0.4, -0.2) is 28.5 Å². The van der Waals surface area contributed by atoms with Gasteiger partial charge in [0.25, 0.3) is 0 Å². The van der Waals surface area contributed by atoms with E-state index in [0.717, 1.165) is 19.3 Å². The molecule has 0 bridgehead atoms. The summed E-state index contributed by atoms with van der Waals surface area (Å²) in [5.41, 5.74) is -0.361. The number of halogens is 1. The number of amides is 1. The van der Waals surface area contributed by atoms with Crippen LogP contribution in [0, 0.1) is 0 Å². The van der Waals surface area contributed by atoms with E-state index in [1.807, 2.05) is 0 Å². The maximum absolute atomic E-state index is 11.2. The van der Waals surface area contributed by atoms with Gasteiger partial charge in [-0.05, 0) is 26.2 Å². The highest BCUT2D eigenvalue weighted by molar-refractivity contribution is 6.30. The normalized spacial score (nSPS) is 22.6. The number of alkyl halides is 1. The SMILES string of the molecule is CC(Cl)C(=O)NC1(CO)CCC1. The molecule has 1 amide bonds. The number of rotatable bonds is 3. The van der Waals surface area contributed by atoms with E-state index < -0.39 is 5.38 Å². The molecule has 1 fully saturated rings. The molecule has 0 spiro atoms. The minimum absolute atomic E-state index is 0.0162. The van der Waals surface area contributed by atoms with Crippen molar-refractivity contribution in [3.05, 3.63) is 0 Å². The Morgan fingerprint density at radius 2 is 2.33 bits per heavy atom. The Morgan fingerprint density at radius 1 is 1.75 bits per heavy atom. The van der Waals surface area contributed by atoms with Gasteiger partial charge in [-0.25, -0.2) is 0 Å². The number of carbonyl (C=O) groups excluding carboxylic acids is 1. The standard InChI is InChI=1S/C8H14ClNO2/c1-6(9)7(12)10-8(5-11)3-2-4-8/h6,11H,2-5H2,1H3,(H,10,12). The smallest absolute Gasteiger partial charge is 0.238 e. The number of hydrogen-bond donors (Lipinski definition) is 2. The molecule has 1 rings (SSSR count). The van der Waals surface area contributed by atoms with Crippen LogP contribution in [0.2, 0.25) is 0 Å². The molecular weight excluding hydrogens is 178 g/mol. The van der Waals surface area contributed by atoms with E-state index in [9.17, 15) is 4.79 Å². The molecule has 1 saturated carbocycles. The Hall–Kier alpha value is -0.280. The van der Waals surface area contributed by atoms with E-state index in [1.165, 1.54) is 0 Å². The van der Waals surface area contributed by atoms with Crippen LogP contribution in [0.4, 0.5) is 0 Å². The largest absolute Gasteiger partial charge is 0.394 e. The second-order valence-electron chi connectivity index (χ2n) is 3.40. The lowest BCUT2D eigenvalue weighted by Crippen LogP contribution is -2.57. The van der Waals surface area contributed by atoms with Crippen LogP contribution in [0.1, 0.15) is 26.2 Å². The van der Waals surface area contributed by atoms with Gasteiger partial charge in [-0.1, -0.05) is 0 Å². The lowest BCUT2D eigenvalue weighted by Gasteiger charge is -2.41. The minimum Gasteiger partial charge on any atom is -0.394 e. The topological polar surface area (TPSA) is 49.3 Å². The van der Waals surface area contributed by atoms with Gasteiger partial charge in [0.2, 0.25) is 5.91 Å². The summed E-state index contributed by atoms with van der Waals surface area (Å²) in [7, 11) is 0. The second-order valence-corrected chi connectivity index (χ2v) is 4.05. The highest BCUT2D eigenvalue weighted by Gasteiger charge is 2.38. The quantitative estimate of drug-likeness (QED) is 0.644. The molecule has 0 aromatic carbocycles. The zero-order valence-electron chi connectivity index (χ0n) is 7.14. The van der Waals surface area contributed by atoms with Crippen LogP contribution in [-0.2, 0) is 4.79 Å². The summed E-state index contributed by atoms with van der Waals surface area (Å²) in [6.45, 7) is 1.64. The molecule has 1 aliphatic carbocycles. The molecule has 0 aromatic heterocycles. The first kappa shape index (κ1) is 9.81. The molecule has 1 aliphatic rings. The van der Waals surface area contributed by atoms with Crippen molar-refractivity contribution in [2.45, 2.75) is 37.1 Å². The highest BCUT2D eigenvalue weighted by Crippen LogP contribution is 2.31. The van der Waals surface area contributed by atoms with Crippen molar-refractivity contribution in [2.75, 3.05) is 6.61 Å². The first-order chi connectivity index (χ1) is 5.59. The summed E-state index contributed by atoms with van der Waals surface area (Å²) >= 11 is 5.58. The second kappa shape index (κ2) is 3.62. The lowest BCUT2D eigenvalue weighted by atomic mass is 9.77. The molecule has 1 atom stereocenters. The van der Waals surface area contributed by atoms with Gasteiger partial charge in [-0.2, -0.15) is 0 Å². The number of carbonyl (C=O) groups is 1. The van der Waals surface area contributed by atoms with Crippen molar-refractivity contribution >= 4 is 17.5 Å². The first-order valence-corrected chi connectivity index (χ1v) is 4.60. The molecule has 4 heteroatoms. The van der Waals surface area contributed by atoms with Crippen molar-refractivity contribution in [3.8, 4) is 0 Å². The molecule has 0 heterocycles. The average Bonchev–Trinajstić information content (AvgIpc) is 1.96. The van der Waals surface area contributed by atoms with E-state index in [1.54, 1.807) is 6.92 Å². The number of nitrogens with one attached hydrogen (secondary N) is 1. The number of hydrogen-bond acceptors (Lipinski definition) is 2. The molecule has 0 aromatic rings. The molecule has 12 heavy (non-hydrogen) atoms. The minimum atomic E-state index is -0.519. The van der Waals surface area contributed by atoms with Crippen LogP contribution in [0.3, 0.4) is 0 Å². The van der Waals surface area contributed by atoms with E-state index >= 15 is 0 Å². The summed E-state index contributed by atoms with van der Waals surface area (Å²) in [5, 5.41) is 11.2. The zero-order chi connectivity index (χ0) is 9.19. The van der Waals surface area contributed by atoms with Gasteiger partial charge in [-0.15, -0.1) is 11.6 Å². The molecule has 0 aliphatic heterocycles. The van der Waals surface area contributed by atoms with Crippen molar-refractivity contribution in [1.29, 1.82) is 0 Å². The molecule has 0 radical (unpaired) electrons.